The Hall–Kier alpha value is -0.820. The standard InChI is InChI=1S/C18H29N/c1-2-3-4-5-6-11-18(19)17-13-12-15-9-7-8-10-16(15)14-17/h7-10,17-18H,2-6,11-14,19H2,1H3. The third kappa shape index (κ3) is 4.35. The highest BCUT2D eigenvalue weighted by Gasteiger charge is 2.23. The molecule has 1 nitrogen and oxygen atoms in total. The highest BCUT2D eigenvalue weighted by molar-refractivity contribution is 5.29. The third-order valence-electron chi connectivity index (χ3n) is 4.63. The summed E-state index contributed by atoms with van der Waals surface area (Å²) in [7, 11) is 0. The summed E-state index contributed by atoms with van der Waals surface area (Å²) >= 11 is 0. The summed E-state index contributed by atoms with van der Waals surface area (Å²) in [6, 6.07) is 9.30. The molecule has 2 atom stereocenters. The predicted molar refractivity (Wildman–Crippen MR) is 83.3 cm³/mol. The van der Waals surface area contributed by atoms with E-state index in [4.69, 9.17) is 5.73 Å². The van der Waals surface area contributed by atoms with E-state index >= 15 is 0 Å². The van der Waals surface area contributed by atoms with Gasteiger partial charge in [0.15, 0.2) is 0 Å². The van der Waals surface area contributed by atoms with Crippen LogP contribution in [0.4, 0.5) is 0 Å². The van der Waals surface area contributed by atoms with Gasteiger partial charge in [0.05, 0.1) is 0 Å². The smallest absolute Gasteiger partial charge is 0.00704 e. The van der Waals surface area contributed by atoms with Gasteiger partial charge in [-0.15, -0.1) is 0 Å². The largest absolute Gasteiger partial charge is 0.327 e. The van der Waals surface area contributed by atoms with E-state index in [0.717, 1.165) is 0 Å². The van der Waals surface area contributed by atoms with Crippen molar-refractivity contribution in [3.63, 3.8) is 0 Å². The molecule has 0 aliphatic heterocycles. The summed E-state index contributed by atoms with van der Waals surface area (Å²) < 4.78 is 0. The molecule has 106 valence electrons. The monoisotopic (exact) mass is 259 g/mol. The topological polar surface area (TPSA) is 26.0 Å². The van der Waals surface area contributed by atoms with Crippen LogP contribution in [0.2, 0.25) is 0 Å². The minimum Gasteiger partial charge on any atom is -0.327 e. The molecule has 2 unspecified atom stereocenters. The molecule has 1 aliphatic rings. The van der Waals surface area contributed by atoms with Gasteiger partial charge in [0.2, 0.25) is 0 Å². The van der Waals surface area contributed by atoms with Crippen LogP contribution in [-0.4, -0.2) is 6.04 Å². The molecular weight excluding hydrogens is 230 g/mol. The van der Waals surface area contributed by atoms with E-state index in [1.165, 1.54) is 57.8 Å². The number of benzene rings is 1. The van der Waals surface area contributed by atoms with Gasteiger partial charge in [-0.2, -0.15) is 0 Å². The minimum absolute atomic E-state index is 0.412. The average Bonchev–Trinajstić information content (AvgIpc) is 2.46. The Balaban J connectivity index is 1.74. The molecular formula is C18H29N. The van der Waals surface area contributed by atoms with Gasteiger partial charge < -0.3 is 5.73 Å². The molecule has 2 rings (SSSR count). The molecule has 0 saturated heterocycles. The Morgan fingerprint density at radius 2 is 1.84 bits per heavy atom. The van der Waals surface area contributed by atoms with Crippen molar-refractivity contribution in [2.75, 3.05) is 0 Å². The molecule has 0 saturated carbocycles. The molecule has 1 aromatic rings. The van der Waals surface area contributed by atoms with Crippen LogP contribution in [0.15, 0.2) is 24.3 Å². The second-order valence-corrected chi connectivity index (χ2v) is 6.14. The van der Waals surface area contributed by atoms with Crippen molar-refractivity contribution < 1.29 is 0 Å². The molecule has 0 amide bonds. The highest BCUT2D eigenvalue weighted by Crippen LogP contribution is 2.28. The SMILES string of the molecule is CCCCCCCC(N)C1CCc2ccccc2C1. The van der Waals surface area contributed by atoms with Crippen molar-refractivity contribution in [2.24, 2.45) is 11.7 Å². The van der Waals surface area contributed by atoms with Gasteiger partial charge >= 0.3 is 0 Å². The van der Waals surface area contributed by atoms with E-state index in [1.54, 1.807) is 11.1 Å². The Morgan fingerprint density at radius 1 is 1.11 bits per heavy atom. The first-order chi connectivity index (χ1) is 9.31. The van der Waals surface area contributed by atoms with Crippen molar-refractivity contribution in [3.8, 4) is 0 Å². The van der Waals surface area contributed by atoms with Crippen molar-refractivity contribution in [1.82, 2.24) is 0 Å². The number of unbranched alkanes of at least 4 members (excludes halogenated alkanes) is 4. The van der Waals surface area contributed by atoms with Gasteiger partial charge in [-0.05, 0) is 42.7 Å². The molecule has 0 heterocycles. The normalized spacial score (nSPS) is 20.0. The Morgan fingerprint density at radius 3 is 2.63 bits per heavy atom. The van der Waals surface area contributed by atoms with E-state index in [2.05, 4.69) is 31.2 Å². The number of fused-ring (bicyclic) bond motifs is 1. The third-order valence-corrected chi connectivity index (χ3v) is 4.63. The van der Waals surface area contributed by atoms with Crippen LogP contribution in [0.3, 0.4) is 0 Å². The number of hydrogen-bond donors (Lipinski definition) is 1. The lowest BCUT2D eigenvalue weighted by Gasteiger charge is -2.29. The van der Waals surface area contributed by atoms with Gasteiger partial charge in [0.25, 0.3) is 0 Å². The zero-order valence-corrected chi connectivity index (χ0v) is 12.4. The lowest BCUT2D eigenvalue weighted by molar-refractivity contribution is 0.350. The molecule has 1 aromatic carbocycles. The average molecular weight is 259 g/mol. The van der Waals surface area contributed by atoms with Crippen LogP contribution in [0, 0.1) is 5.92 Å². The number of rotatable bonds is 7. The lowest BCUT2D eigenvalue weighted by Crippen LogP contribution is -2.34. The fourth-order valence-electron chi connectivity index (χ4n) is 3.31. The molecule has 0 aromatic heterocycles. The zero-order valence-electron chi connectivity index (χ0n) is 12.4. The molecule has 19 heavy (non-hydrogen) atoms. The molecule has 0 fully saturated rings. The fraction of sp³-hybridized carbons (Fsp3) is 0.667. The number of hydrogen-bond acceptors (Lipinski definition) is 1. The van der Waals surface area contributed by atoms with Gasteiger partial charge in [-0.25, -0.2) is 0 Å². The van der Waals surface area contributed by atoms with Crippen molar-refractivity contribution in [2.45, 2.75) is 70.8 Å². The first-order valence-corrected chi connectivity index (χ1v) is 8.13. The summed E-state index contributed by atoms with van der Waals surface area (Å²) in [6.07, 6.45) is 11.7. The van der Waals surface area contributed by atoms with E-state index < -0.39 is 0 Å². The maximum atomic E-state index is 6.42. The summed E-state index contributed by atoms with van der Waals surface area (Å²) in [5.41, 5.74) is 9.51. The number of aryl methyl sites for hydroxylation is 1. The second-order valence-electron chi connectivity index (χ2n) is 6.14. The second kappa shape index (κ2) is 7.69. The van der Waals surface area contributed by atoms with Crippen molar-refractivity contribution in [3.05, 3.63) is 35.4 Å². The molecule has 2 N–H and O–H groups in total. The zero-order chi connectivity index (χ0) is 13.5. The molecule has 0 spiro atoms. The molecule has 0 radical (unpaired) electrons. The maximum absolute atomic E-state index is 6.42. The Labute approximate surface area is 118 Å². The fourth-order valence-corrected chi connectivity index (χ4v) is 3.31. The quantitative estimate of drug-likeness (QED) is 0.718. The highest BCUT2D eigenvalue weighted by atomic mass is 14.6. The first kappa shape index (κ1) is 14.6. The van der Waals surface area contributed by atoms with Crippen LogP contribution in [0.5, 0.6) is 0 Å². The lowest BCUT2D eigenvalue weighted by atomic mass is 9.79. The first-order valence-electron chi connectivity index (χ1n) is 8.13. The van der Waals surface area contributed by atoms with Gasteiger partial charge in [-0.1, -0.05) is 63.3 Å². The number of nitrogens with two attached hydrogens (primary N) is 1. The van der Waals surface area contributed by atoms with Gasteiger partial charge in [-0.3, -0.25) is 0 Å². The van der Waals surface area contributed by atoms with E-state index in [0.29, 0.717) is 12.0 Å². The maximum Gasteiger partial charge on any atom is 0.00704 e. The van der Waals surface area contributed by atoms with Crippen LogP contribution >= 0.6 is 0 Å². The van der Waals surface area contributed by atoms with Crippen LogP contribution in [0.1, 0.15) is 63.0 Å². The van der Waals surface area contributed by atoms with Gasteiger partial charge in [0, 0.05) is 6.04 Å². The molecule has 0 bridgehead atoms. The van der Waals surface area contributed by atoms with Gasteiger partial charge in [0.1, 0.15) is 0 Å². The molecule has 1 heteroatoms. The van der Waals surface area contributed by atoms with Crippen LogP contribution in [-0.2, 0) is 12.8 Å². The van der Waals surface area contributed by atoms with Crippen LogP contribution in [0.25, 0.3) is 0 Å². The summed E-state index contributed by atoms with van der Waals surface area (Å²) in [5, 5.41) is 0. The summed E-state index contributed by atoms with van der Waals surface area (Å²) in [6.45, 7) is 2.27. The summed E-state index contributed by atoms with van der Waals surface area (Å²) in [5.74, 6) is 0.709. The minimum atomic E-state index is 0.412. The summed E-state index contributed by atoms with van der Waals surface area (Å²) in [4.78, 5) is 0. The Kier molecular flexibility index (Phi) is 5.91. The van der Waals surface area contributed by atoms with Crippen LogP contribution < -0.4 is 5.73 Å². The van der Waals surface area contributed by atoms with Crippen molar-refractivity contribution in [1.29, 1.82) is 0 Å². The van der Waals surface area contributed by atoms with Crippen molar-refractivity contribution >= 4 is 0 Å². The van der Waals surface area contributed by atoms with E-state index in [-0.39, 0.29) is 0 Å². The van der Waals surface area contributed by atoms with E-state index in [9.17, 15) is 0 Å². The predicted octanol–water partition coefficient (Wildman–Crippen LogP) is 4.48. The molecule has 1 aliphatic carbocycles. The van der Waals surface area contributed by atoms with E-state index in [1.807, 2.05) is 0 Å². The Bertz CT molecular complexity index is 372.